The number of hydrogen-bond donors (Lipinski definition) is 6. The molecule has 0 amide bonds. The predicted octanol–water partition coefficient (Wildman–Crippen LogP) is -2.50. The van der Waals surface area contributed by atoms with Gasteiger partial charge in [0.2, 0.25) is 0 Å². The van der Waals surface area contributed by atoms with E-state index in [-0.39, 0.29) is 5.84 Å². The number of guanidine groups is 1. The van der Waals surface area contributed by atoms with Gasteiger partial charge in [-0.05, 0) is 5.16 Å². The molecule has 0 aromatic heterocycles. The number of nitrogens with zero attached hydrogens (tertiary/aromatic N) is 2. The SMILES string of the molecule is N=C/C(N)=N\C(=N/O)N[C@@H]1O[C@@H]2C(O)[C@@]2(O)[C@H]1F. The van der Waals surface area contributed by atoms with Gasteiger partial charge < -0.3 is 36.6 Å². The molecule has 9 nitrogen and oxygen atoms in total. The third-order valence-electron chi connectivity index (χ3n) is 2.86. The van der Waals surface area contributed by atoms with Crippen LogP contribution in [0.3, 0.4) is 0 Å². The van der Waals surface area contributed by atoms with Crippen LogP contribution in [0.4, 0.5) is 4.39 Å². The lowest BCUT2D eigenvalue weighted by molar-refractivity contribution is -0.0346. The van der Waals surface area contributed by atoms with Gasteiger partial charge in [0.1, 0.15) is 18.0 Å². The predicted molar refractivity (Wildman–Crippen MR) is 57.3 cm³/mol. The molecule has 5 atom stereocenters. The van der Waals surface area contributed by atoms with Gasteiger partial charge in [-0.2, -0.15) is 4.99 Å². The monoisotopic (exact) mass is 261 g/mol. The number of aliphatic hydroxyl groups excluding tert-OH is 1. The van der Waals surface area contributed by atoms with Gasteiger partial charge in [-0.1, -0.05) is 0 Å². The largest absolute Gasteiger partial charge is 0.408 e. The summed E-state index contributed by atoms with van der Waals surface area (Å²) in [4.78, 5) is 3.44. The van der Waals surface area contributed by atoms with Gasteiger partial charge in [0, 0.05) is 0 Å². The summed E-state index contributed by atoms with van der Waals surface area (Å²) < 4.78 is 18.7. The molecule has 0 bridgehead atoms. The van der Waals surface area contributed by atoms with Crippen molar-refractivity contribution >= 4 is 18.0 Å². The second kappa shape index (κ2) is 4.15. The van der Waals surface area contributed by atoms with Crippen molar-refractivity contribution in [2.24, 2.45) is 15.9 Å². The topological polar surface area (TPSA) is 157 Å². The van der Waals surface area contributed by atoms with Crippen molar-refractivity contribution in [3.8, 4) is 0 Å². The molecule has 1 heterocycles. The summed E-state index contributed by atoms with van der Waals surface area (Å²) in [5.74, 6) is -0.740. The number of oxime groups is 1. The molecule has 1 saturated carbocycles. The third kappa shape index (κ3) is 1.70. The normalized spacial score (nSPS) is 43.5. The van der Waals surface area contributed by atoms with Gasteiger partial charge in [-0.25, -0.2) is 4.39 Å². The highest BCUT2D eigenvalue weighted by atomic mass is 19.1. The molecule has 2 fully saturated rings. The van der Waals surface area contributed by atoms with E-state index in [0.717, 1.165) is 0 Å². The van der Waals surface area contributed by atoms with Gasteiger partial charge in [0.15, 0.2) is 18.0 Å². The summed E-state index contributed by atoms with van der Waals surface area (Å²) in [5, 5.41) is 39.1. The van der Waals surface area contributed by atoms with Crippen LogP contribution in [0.1, 0.15) is 0 Å². The van der Waals surface area contributed by atoms with Crippen molar-refractivity contribution in [3.63, 3.8) is 0 Å². The Balaban J connectivity index is 2.02. The van der Waals surface area contributed by atoms with Crippen molar-refractivity contribution in [1.82, 2.24) is 5.32 Å². The molecule has 1 saturated heterocycles. The molecule has 1 aliphatic heterocycles. The van der Waals surface area contributed by atoms with Crippen LogP contribution >= 0.6 is 0 Å². The standard InChI is InChI=1S/C8H12FN5O4/c9-3-6(18-5-4(15)8(3,5)16)13-7(14-17)12-2(11)1-10/h1,3-6,10,15-17H,(H3,11,12,13,14)/t3-,4?,5+,6+,8-/m0/s1. The number of rotatable bonds is 2. The summed E-state index contributed by atoms with van der Waals surface area (Å²) in [6.45, 7) is 0. The fourth-order valence-electron chi connectivity index (χ4n) is 1.79. The van der Waals surface area contributed by atoms with Crippen molar-refractivity contribution < 1.29 is 24.5 Å². The first-order valence-electron chi connectivity index (χ1n) is 4.98. The first kappa shape index (κ1) is 12.7. The fraction of sp³-hybridized carbons (Fsp3) is 0.625. The minimum absolute atomic E-state index is 0.271. The van der Waals surface area contributed by atoms with E-state index < -0.39 is 36.2 Å². The molecular weight excluding hydrogens is 249 g/mol. The lowest BCUT2D eigenvalue weighted by Gasteiger charge is -2.19. The van der Waals surface area contributed by atoms with Crippen LogP contribution in [0.15, 0.2) is 10.1 Å². The van der Waals surface area contributed by atoms with E-state index in [1.165, 1.54) is 0 Å². The number of halogens is 1. The van der Waals surface area contributed by atoms with E-state index in [0.29, 0.717) is 6.21 Å². The van der Waals surface area contributed by atoms with Crippen LogP contribution in [0.5, 0.6) is 0 Å². The first-order chi connectivity index (χ1) is 8.44. The Bertz CT molecular complexity index is 430. The Hall–Kier alpha value is -1.78. The molecule has 18 heavy (non-hydrogen) atoms. The number of aliphatic imine (C=N–C) groups is 1. The maximum atomic E-state index is 13.7. The van der Waals surface area contributed by atoms with E-state index in [1.54, 1.807) is 0 Å². The molecule has 7 N–H and O–H groups in total. The van der Waals surface area contributed by atoms with Crippen molar-refractivity contribution in [2.45, 2.75) is 30.2 Å². The van der Waals surface area contributed by atoms with Gasteiger partial charge >= 0.3 is 0 Å². The average molecular weight is 261 g/mol. The smallest absolute Gasteiger partial charge is 0.263 e. The fourth-order valence-corrected chi connectivity index (χ4v) is 1.79. The summed E-state index contributed by atoms with van der Waals surface area (Å²) >= 11 is 0. The Morgan fingerprint density at radius 1 is 1.61 bits per heavy atom. The van der Waals surface area contributed by atoms with Crippen LogP contribution < -0.4 is 11.1 Å². The number of nitrogens with one attached hydrogen (secondary N) is 2. The molecule has 10 heteroatoms. The molecule has 1 aliphatic carbocycles. The number of ether oxygens (including phenoxy) is 1. The summed E-state index contributed by atoms with van der Waals surface area (Å²) in [6.07, 6.45) is -4.82. The van der Waals surface area contributed by atoms with E-state index in [9.17, 15) is 9.50 Å². The lowest BCUT2D eigenvalue weighted by atomic mass is 10.2. The minimum Gasteiger partial charge on any atom is -0.408 e. The number of aliphatic hydroxyl groups is 2. The van der Waals surface area contributed by atoms with E-state index in [1.807, 2.05) is 0 Å². The molecule has 0 spiro atoms. The Morgan fingerprint density at radius 2 is 2.28 bits per heavy atom. The van der Waals surface area contributed by atoms with Crippen molar-refractivity contribution in [3.05, 3.63) is 0 Å². The zero-order chi connectivity index (χ0) is 13.5. The molecular formula is C8H12FN5O4. The summed E-state index contributed by atoms with van der Waals surface area (Å²) in [6, 6.07) is 0. The van der Waals surface area contributed by atoms with Crippen LogP contribution in [-0.2, 0) is 4.74 Å². The maximum absolute atomic E-state index is 13.7. The van der Waals surface area contributed by atoms with Gasteiger partial charge in [0.25, 0.3) is 5.96 Å². The number of nitrogens with two attached hydrogens (primary N) is 1. The number of fused-ring (bicyclic) bond motifs is 1. The highest BCUT2D eigenvalue weighted by Crippen LogP contribution is 2.50. The van der Waals surface area contributed by atoms with Crippen molar-refractivity contribution in [1.29, 1.82) is 5.41 Å². The van der Waals surface area contributed by atoms with Crippen LogP contribution in [0, 0.1) is 5.41 Å². The van der Waals surface area contributed by atoms with Gasteiger partial charge in [-0.15, -0.1) is 0 Å². The Kier molecular flexibility index (Phi) is 2.92. The van der Waals surface area contributed by atoms with E-state index in [2.05, 4.69) is 15.5 Å². The molecule has 0 aromatic rings. The second-order valence-corrected chi connectivity index (χ2v) is 3.96. The molecule has 0 radical (unpaired) electrons. The highest BCUT2D eigenvalue weighted by Gasteiger charge is 2.77. The number of hydrogen-bond acceptors (Lipinski definition) is 6. The highest BCUT2D eigenvalue weighted by molar-refractivity contribution is 6.29. The maximum Gasteiger partial charge on any atom is 0.263 e. The van der Waals surface area contributed by atoms with Gasteiger partial charge in [0.05, 0.1) is 6.21 Å². The quantitative estimate of drug-likeness (QED) is 0.139. The number of amidine groups is 1. The Morgan fingerprint density at radius 3 is 2.72 bits per heavy atom. The second-order valence-electron chi connectivity index (χ2n) is 3.96. The third-order valence-corrected chi connectivity index (χ3v) is 2.86. The van der Waals surface area contributed by atoms with Crippen LogP contribution in [0.25, 0.3) is 0 Å². The zero-order valence-corrected chi connectivity index (χ0v) is 8.99. The van der Waals surface area contributed by atoms with E-state index in [4.69, 9.17) is 26.2 Å². The average Bonchev–Trinajstić information content (AvgIpc) is 2.77. The molecule has 100 valence electrons. The minimum atomic E-state index is -1.94. The van der Waals surface area contributed by atoms with Crippen LogP contribution in [-0.4, -0.2) is 63.6 Å². The molecule has 2 rings (SSSR count). The summed E-state index contributed by atoms with van der Waals surface area (Å²) in [5.41, 5.74) is 3.26. The molecule has 1 unspecified atom stereocenters. The molecule has 2 aliphatic rings. The molecule has 0 aromatic carbocycles. The first-order valence-corrected chi connectivity index (χ1v) is 4.98. The summed E-state index contributed by atoms with van der Waals surface area (Å²) in [7, 11) is 0. The Labute approximate surface area is 100 Å². The number of alkyl halides is 1. The lowest BCUT2D eigenvalue weighted by Crippen LogP contribution is -2.46. The van der Waals surface area contributed by atoms with E-state index >= 15 is 0 Å². The zero-order valence-electron chi connectivity index (χ0n) is 8.99. The van der Waals surface area contributed by atoms with Gasteiger partial charge in [-0.3, -0.25) is 0 Å². The van der Waals surface area contributed by atoms with Crippen LogP contribution in [0.2, 0.25) is 0 Å². The van der Waals surface area contributed by atoms with Crippen molar-refractivity contribution in [2.75, 3.05) is 0 Å².